The fraction of sp³-hybridized carbons (Fsp3) is 0.400. The number of hydrogen-bond donors (Lipinski definition) is 2. The number of hydrogen-bond acceptors (Lipinski definition) is 2. The average Bonchev–Trinajstić information content (AvgIpc) is 2.74. The zero-order valence-corrected chi connectivity index (χ0v) is 20.1. The van der Waals surface area contributed by atoms with Crippen molar-refractivity contribution in [1.29, 1.82) is 0 Å². The number of fused-ring (bicyclic) bond motifs is 1. The van der Waals surface area contributed by atoms with E-state index in [0.29, 0.717) is 16.0 Å². The zero-order valence-electron chi connectivity index (χ0n) is 18.6. The van der Waals surface area contributed by atoms with E-state index in [1.165, 1.54) is 23.1 Å². The summed E-state index contributed by atoms with van der Waals surface area (Å²) in [5, 5.41) is 4.54. The Labute approximate surface area is 196 Å². The van der Waals surface area contributed by atoms with E-state index in [2.05, 4.69) is 66.6 Å². The highest BCUT2D eigenvalue weighted by molar-refractivity contribution is 6.42. The van der Waals surface area contributed by atoms with Gasteiger partial charge in [-0.1, -0.05) is 60.0 Å². The monoisotopic (exact) mass is 458 g/mol. The van der Waals surface area contributed by atoms with E-state index < -0.39 is 0 Å². The van der Waals surface area contributed by atoms with Gasteiger partial charge in [0.15, 0.2) is 5.96 Å². The van der Waals surface area contributed by atoms with Crippen molar-refractivity contribution in [3.63, 3.8) is 0 Å². The number of rotatable bonds is 8. The first-order valence-corrected chi connectivity index (χ1v) is 11.6. The van der Waals surface area contributed by atoms with Crippen molar-refractivity contribution in [2.75, 3.05) is 27.2 Å². The maximum absolute atomic E-state index is 6.30. The standard InChI is InChI=1S/C25H32Cl2N4/c1-17-15-21(18-11-12-22(26)23(27)16-18)19-9-5-6-10-20(19)24(17)30-25(28)29-13-7-4-8-14-31(2)3/h5-6,9-12,16,21H,4,7-8,13-15H2,1-3H3,(H3,28,29,30). The highest BCUT2D eigenvalue weighted by atomic mass is 35.5. The van der Waals surface area contributed by atoms with Crippen LogP contribution in [0.5, 0.6) is 0 Å². The van der Waals surface area contributed by atoms with Crippen molar-refractivity contribution in [3.05, 3.63) is 74.8 Å². The molecule has 0 spiro atoms. The molecule has 0 saturated carbocycles. The van der Waals surface area contributed by atoms with Gasteiger partial charge in [-0.25, -0.2) is 0 Å². The fourth-order valence-electron chi connectivity index (χ4n) is 4.06. The van der Waals surface area contributed by atoms with Crippen LogP contribution in [0.4, 0.5) is 0 Å². The van der Waals surface area contributed by atoms with E-state index in [0.717, 1.165) is 43.6 Å². The minimum atomic E-state index is 0.228. The minimum Gasteiger partial charge on any atom is -0.370 e. The predicted molar refractivity (Wildman–Crippen MR) is 134 cm³/mol. The van der Waals surface area contributed by atoms with E-state index in [1.54, 1.807) is 0 Å². The first-order chi connectivity index (χ1) is 14.9. The van der Waals surface area contributed by atoms with E-state index in [9.17, 15) is 0 Å². The lowest BCUT2D eigenvalue weighted by Gasteiger charge is -2.30. The van der Waals surface area contributed by atoms with Gasteiger partial charge in [0.1, 0.15) is 0 Å². The molecule has 166 valence electrons. The molecule has 0 fully saturated rings. The quantitative estimate of drug-likeness (QED) is 0.294. The first kappa shape index (κ1) is 23.6. The number of nitrogens with two attached hydrogens (primary N) is 1. The van der Waals surface area contributed by atoms with Gasteiger partial charge in [-0.05, 0) is 75.7 Å². The van der Waals surface area contributed by atoms with E-state index in [-0.39, 0.29) is 5.92 Å². The number of nitrogens with zero attached hydrogens (tertiary/aromatic N) is 2. The van der Waals surface area contributed by atoms with Gasteiger partial charge in [-0.15, -0.1) is 0 Å². The lowest BCUT2D eigenvalue weighted by Crippen LogP contribution is -2.33. The summed E-state index contributed by atoms with van der Waals surface area (Å²) in [5.41, 5.74) is 12.1. The Balaban J connectivity index is 1.73. The highest BCUT2D eigenvalue weighted by Crippen LogP contribution is 2.42. The lowest BCUT2D eigenvalue weighted by molar-refractivity contribution is 0.392. The number of guanidine groups is 1. The molecular weight excluding hydrogens is 427 g/mol. The summed E-state index contributed by atoms with van der Waals surface area (Å²) >= 11 is 12.4. The van der Waals surface area contributed by atoms with Gasteiger partial charge in [0.05, 0.1) is 10.0 Å². The molecule has 1 aliphatic rings. The third-order valence-electron chi connectivity index (χ3n) is 5.69. The number of unbranched alkanes of at least 4 members (excludes halogenated alkanes) is 2. The maximum atomic E-state index is 6.30. The Morgan fingerprint density at radius 1 is 1.10 bits per heavy atom. The van der Waals surface area contributed by atoms with Crippen LogP contribution >= 0.6 is 23.2 Å². The molecule has 31 heavy (non-hydrogen) atoms. The SMILES string of the molecule is CC1=C(NC(N)=NCCCCCN(C)C)c2ccccc2C(c2ccc(Cl)c(Cl)c2)C1. The molecule has 0 amide bonds. The van der Waals surface area contributed by atoms with Crippen molar-refractivity contribution in [2.45, 2.75) is 38.5 Å². The van der Waals surface area contributed by atoms with Crippen LogP contribution in [0.15, 0.2) is 53.0 Å². The highest BCUT2D eigenvalue weighted by Gasteiger charge is 2.26. The van der Waals surface area contributed by atoms with Crippen LogP contribution < -0.4 is 11.1 Å². The number of halogens is 2. The number of aliphatic imine (C=N–C) groups is 1. The summed E-state index contributed by atoms with van der Waals surface area (Å²) in [6.45, 7) is 4.00. The third kappa shape index (κ3) is 6.25. The van der Waals surface area contributed by atoms with Crippen LogP contribution in [0.1, 0.15) is 55.2 Å². The normalized spacial score (nSPS) is 16.6. The smallest absolute Gasteiger partial charge is 0.193 e. The van der Waals surface area contributed by atoms with E-state index in [4.69, 9.17) is 28.9 Å². The molecule has 0 bridgehead atoms. The molecule has 3 rings (SSSR count). The Morgan fingerprint density at radius 3 is 2.61 bits per heavy atom. The van der Waals surface area contributed by atoms with Gasteiger partial charge in [0.2, 0.25) is 0 Å². The summed E-state index contributed by atoms with van der Waals surface area (Å²) in [6.07, 6.45) is 4.27. The van der Waals surface area contributed by atoms with Crippen LogP contribution in [0.25, 0.3) is 5.70 Å². The van der Waals surface area contributed by atoms with Crippen LogP contribution in [0, 0.1) is 0 Å². The molecule has 2 aromatic carbocycles. The molecule has 6 heteroatoms. The molecular formula is C25H32Cl2N4. The minimum absolute atomic E-state index is 0.228. The number of nitrogens with one attached hydrogen (secondary N) is 1. The molecule has 0 aromatic heterocycles. The van der Waals surface area contributed by atoms with E-state index >= 15 is 0 Å². The van der Waals surface area contributed by atoms with Crippen molar-refractivity contribution >= 4 is 34.9 Å². The summed E-state index contributed by atoms with van der Waals surface area (Å²) in [4.78, 5) is 6.75. The number of allylic oxidation sites excluding steroid dienone is 1. The topological polar surface area (TPSA) is 53.6 Å². The molecule has 1 aliphatic carbocycles. The Hall–Kier alpha value is -2.01. The third-order valence-corrected chi connectivity index (χ3v) is 6.43. The largest absolute Gasteiger partial charge is 0.370 e. The van der Waals surface area contributed by atoms with Crippen molar-refractivity contribution in [3.8, 4) is 0 Å². The average molecular weight is 459 g/mol. The van der Waals surface area contributed by atoms with Crippen LogP contribution in [0.3, 0.4) is 0 Å². The Morgan fingerprint density at radius 2 is 1.87 bits per heavy atom. The summed E-state index contributed by atoms with van der Waals surface area (Å²) in [6, 6.07) is 14.4. The van der Waals surface area contributed by atoms with Crippen molar-refractivity contribution in [2.24, 2.45) is 10.7 Å². The van der Waals surface area contributed by atoms with Gasteiger partial charge < -0.3 is 16.0 Å². The van der Waals surface area contributed by atoms with Gasteiger partial charge in [0.25, 0.3) is 0 Å². The van der Waals surface area contributed by atoms with Gasteiger partial charge in [-0.2, -0.15) is 0 Å². The molecule has 3 N–H and O–H groups in total. The molecule has 0 radical (unpaired) electrons. The Bertz CT molecular complexity index is 966. The fourth-order valence-corrected chi connectivity index (χ4v) is 4.37. The molecule has 4 nitrogen and oxygen atoms in total. The van der Waals surface area contributed by atoms with Crippen LogP contribution in [-0.4, -0.2) is 38.0 Å². The second kappa shape index (κ2) is 11.0. The number of benzene rings is 2. The van der Waals surface area contributed by atoms with Gasteiger partial charge in [0, 0.05) is 23.7 Å². The molecule has 1 unspecified atom stereocenters. The molecule has 0 heterocycles. The van der Waals surface area contributed by atoms with Crippen molar-refractivity contribution in [1.82, 2.24) is 10.2 Å². The summed E-state index contributed by atoms with van der Waals surface area (Å²) < 4.78 is 0. The molecule has 0 saturated heterocycles. The molecule has 1 atom stereocenters. The zero-order chi connectivity index (χ0) is 22.4. The second-order valence-corrected chi connectivity index (χ2v) is 9.24. The molecule has 2 aromatic rings. The van der Waals surface area contributed by atoms with Crippen molar-refractivity contribution < 1.29 is 0 Å². The maximum Gasteiger partial charge on any atom is 0.193 e. The van der Waals surface area contributed by atoms with Crippen LogP contribution in [0.2, 0.25) is 10.0 Å². The molecule has 0 aliphatic heterocycles. The first-order valence-electron chi connectivity index (χ1n) is 10.8. The van der Waals surface area contributed by atoms with Gasteiger partial charge in [-0.3, -0.25) is 4.99 Å². The lowest BCUT2D eigenvalue weighted by atomic mass is 9.78. The predicted octanol–water partition coefficient (Wildman–Crippen LogP) is 5.90. The van der Waals surface area contributed by atoms with E-state index in [1.807, 2.05) is 12.1 Å². The summed E-state index contributed by atoms with van der Waals surface area (Å²) in [5.74, 6) is 0.705. The summed E-state index contributed by atoms with van der Waals surface area (Å²) in [7, 11) is 4.20. The second-order valence-electron chi connectivity index (χ2n) is 8.43. The Kier molecular flexibility index (Phi) is 8.42. The van der Waals surface area contributed by atoms with Gasteiger partial charge >= 0.3 is 0 Å². The van der Waals surface area contributed by atoms with Crippen LogP contribution in [-0.2, 0) is 0 Å².